The molecule has 4 nitrogen and oxygen atoms in total. The first-order valence-electron chi connectivity index (χ1n) is 6.04. The third-order valence-corrected chi connectivity index (χ3v) is 3.00. The number of pyridine rings is 1. The maximum absolute atomic E-state index is 12.1. The molecule has 0 aliphatic rings. The highest BCUT2D eigenvalue weighted by molar-refractivity contribution is 6.33. The number of halogens is 1. The highest BCUT2D eigenvalue weighted by atomic mass is 35.5. The number of nitrogens with zero attached hydrogens (tertiary/aromatic N) is 2. The van der Waals surface area contributed by atoms with Gasteiger partial charge >= 0.3 is 0 Å². The van der Waals surface area contributed by atoms with Crippen LogP contribution in [0.15, 0.2) is 12.3 Å². The van der Waals surface area contributed by atoms with Crippen LogP contribution >= 0.6 is 11.6 Å². The Kier molecular flexibility index (Phi) is 5.41. The first-order chi connectivity index (χ1) is 8.45. The minimum Gasteiger partial charge on any atom is -0.372 e. The van der Waals surface area contributed by atoms with Gasteiger partial charge in [0.1, 0.15) is 5.82 Å². The zero-order chi connectivity index (χ0) is 13.7. The van der Waals surface area contributed by atoms with Crippen LogP contribution < -0.4 is 5.32 Å². The van der Waals surface area contributed by atoms with Gasteiger partial charge in [0, 0.05) is 26.8 Å². The van der Waals surface area contributed by atoms with Gasteiger partial charge in [-0.1, -0.05) is 25.4 Å². The van der Waals surface area contributed by atoms with E-state index in [0.717, 1.165) is 13.0 Å². The lowest BCUT2D eigenvalue weighted by molar-refractivity contribution is 0.0789. The van der Waals surface area contributed by atoms with E-state index < -0.39 is 0 Å². The summed E-state index contributed by atoms with van der Waals surface area (Å²) < 4.78 is 0. The van der Waals surface area contributed by atoms with Gasteiger partial charge in [0.25, 0.3) is 5.91 Å². The van der Waals surface area contributed by atoms with Crippen LogP contribution in [-0.4, -0.2) is 36.4 Å². The van der Waals surface area contributed by atoms with Gasteiger partial charge in [0.2, 0.25) is 0 Å². The van der Waals surface area contributed by atoms with Gasteiger partial charge in [-0.15, -0.1) is 0 Å². The number of hydrogen-bond acceptors (Lipinski definition) is 3. The molecule has 5 heteroatoms. The minimum atomic E-state index is -0.0484. The lowest BCUT2D eigenvalue weighted by Crippen LogP contribution is -2.28. The van der Waals surface area contributed by atoms with E-state index in [0.29, 0.717) is 22.3 Å². The Morgan fingerprint density at radius 3 is 2.72 bits per heavy atom. The molecule has 1 aromatic rings. The summed E-state index contributed by atoms with van der Waals surface area (Å²) in [7, 11) is 3.54. The van der Waals surface area contributed by atoms with Crippen LogP contribution in [0.25, 0.3) is 0 Å². The molecular weight excluding hydrogens is 250 g/mol. The van der Waals surface area contributed by atoms with Gasteiger partial charge in [0.05, 0.1) is 10.6 Å². The molecule has 0 spiro atoms. The van der Waals surface area contributed by atoms with Crippen LogP contribution in [0, 0.1) is 5.92 Å². The molecule has 0 saturated heterocycles. The van der Waals surface area contributed by atoms with Crippen molar-refractivity contribution in [3.8, 4) is 0 Å². The fourth-order valence-corrected chi connectivity index (χ4v) is 1.77. The number of aromatic nitrogens is 1. The first kappa shape index (κ1) is 14.8. The second-order valence-electron chi connectivity index (χ2n) is 4.71. The molecule has 0 aliphatic heterocycles. The Morgan fingerprint density at radius 1 is 1.56 bits per heavy atom. The molecule has 0 unspecified atom stereocenters. The van der Waals surface area contributed by atoms with Crippen molar-refractivity contribution in [1.29, 1.82) is 0 Å². The molecule has 1 aromatic heterocycles. The number of anilines is 1. The number of nitrogens with one attached hydrogen (secondary N) is 1. The molecule has 0 atom stereocenters. The van der Waals surface area contributed by atoms with Gasteiger partial charge in [-0.25, -0.2) is 4.98 Å². The SMILES string of the molecule is CNc1ncc(C(=O)N(C)CCC(C)C)cc1Cl. The topological polar surface area (TPSA) is 45.2 Å². The van der Waals surface area contributed by atoms with E-state index in [9.17, 15) is 4.79 Å². The van der Waals surface area contributed by atoms with Crippen molar-refractivity contribution >= 4 is 23.3 Å². The number of rotatable bonds is 5. The normalized spacial score (nSPS) is 10.6. The Bertz CT molecular complexity index is 421. The van der Waals surface area contributed by atoms with E-state index in [1.165, 1.54) is 0 Å². The summed E-state index contributed by atoms with van der Waals surface area (Å²) in [5.74, 6) is 1.11. The molecule has 18 heavy (non-hydrogen) atoms. The second kappa shape index (κ2) is 6.59. The monoisotopic (exact) mass is 269 g/mol. The zero-order valence-electron chi connectivity index (χ0n) is 11.3. The Labute approximate surface area is 113 Å². The van der Waals surface area contributed by atoms with Gasteiger partial charge in [0.15, 0.2) is 0 Å². The molecule has 0 aliphatic carbocycles. The van der Waals surface area contributed by atoms with E-state index in [1.807, 2.05) is 0 Å². The smallest absolute Gasteiger partial charge is 0.255 e. The van der Waals surface area contributed by atoms with Gasteiger partial charge in [-0.2, -0.15) is 0 Å². The fraction of sp³-hybridized carbons (Fsp3) is 0.538. The van der Waals surface area contributed by atoms with Crippen molar-refractivity contribution in [3.63, 3.8) is 0 Å². The van der Waals surface area contributed by atoms with E-state index in [-0.39, 0.29) is 5.91 Å². The molecule has 1 rings (SSSR count). The summed E-state index contributed by atoms with van der Waals surface area (Å²) in [4.78, 5) is 17.9. The number of carbonyl (C=O) groups excluding carboxylic acids is 1. The lowest BCUT2D eigenvalue weighted by atomic mass is 10.1. The lowest BCUT2D eigenvalue weighted by Gasteiger charge is -2.18. The second-order valence-corrected chi connectivity index (χ2v) is 5.12. The van der Waals surface area contributed by atoms with Gasteiger partial charge in [-0.3, -0.25) is 4.79 Å². The molecule has 0 bridgehead atoms. The Morgan fingerprint density at radius 2 is 2.22 bits per heavy atom. The maximum atomic E-state index is 12.1. The van der Waals surface area contributed by atoms with Crippen molar-refractivity contribution in [2.75, 3.05) is 26.0 Å². The van der Waals surface area contributed by atoms with Crippen molar-refractivity contribution < 1.29 is 4.79 Å². The third-order valence-electron chi connectivity index (χ3n) is 2.71. The third kappa shape index (κ3) is 3.88. The Hall–Kier alpha value is -1.29. The molecule has 0 radical (unpaired) electrons. The van der Waals surface area contributed by atoms with E-state index in [4.69, 9.17) is 11.6 Å². The molecule has 100 valence electrons. The summed E-state index contributed by atoms with van der Waals surface area (Å²) in [5.41, 5.74) is 0.519. The zero-order valence-corrected chi connectivity index (χ0v) is 12.1. The highest BCUT2D eigenvalue weighted by Gasteiger charge is 2.14. The van der Waals surface area contributed by atoms with Crippen molar-refractivity contribution in [1.82, 2.24) is 9.88 Å². The summed E-state index contributed by atoms with van der Waals surface area (Å²) in [6, 6.07) is 1.65. The highest BCUT2D eigenvalue weighted by Crippen LogP contribution is 2.20. The predicted octanol–water partition coefficient (Wildman–Crippen LogP) is 2.89. The molecule has 0 saturated carbocycles. The maximum Gasteiger partial charge on any atom is 0.255 e. The molecule has 0 aromatic carbocycles. The van der Waals surface area contributed by atoms with Crippen molar-refractivity contribution in [2.24, 2.45) is 5.92 Å². The van der Waals surface area contributed by atoms with Crippen LogP contribution in [0.1, 0.15) is 30.6 Å². The van der Waals surface area contributed by atoms with Crippen molar-refractivity contribution in [2.45, 2.75) is 20.3 Å². The van der Waals surface area contributed by atoms with E-state index in [2.05, 4.69) is 24.1 Å². The van der Waals surface area contributed by atoms with Crippen molar-refractivity contribution in [3.05, 3.63) is 22.8 Å². The predicted molar refractivity (Wildman–Crippen MR) is 75.2 cm³/mol. The van der Waals surface area contributed by atoms with Crippen LogP contribution in [0.3, 0.4) is 0 Å². The van der Waals surface area contributed by atoms with Crippen LogP contribution in [0.2, 0.25) is 5.02 Å². The molecule has 1 heterocycles. The van der Waals surface area contributed by atoms with Crippen LogP contribution in [-0.2, 0) is 0 Å². The summed E-state index contributed by atoms with van der Waals surface area (Å²) >= 11 is 6.01. The minimum absolute atomic E-state index is 0.0484. The molecule has 0 fully saturated rings. The molecular formula is C13H20ClN3O. The average molecular weight is 270 g/mol. The molecule has 1 amide bonds. The van der Waals surface area contributed by atoms with Crippen LogP contribution in [0.4, 0.5) is 5.82 Å². The standard InChI is InChI=1S/C13H20ClN3O/c1-9(2)5-6-17(4)13(18)10-7-11(14)12(15-3)16-8-10/h7-9H,5-6H2,1-4H3,(H,15,16). The Balaban J connectivity index is 2.74. The van der Waals surface area contributed by atoms with Gasteiger partial charge < -0.3 is 10.2 Å². The van der Waals surface area contributed by atoms with Crippen LogP contribution in [0.5, 0.6) is 0 Å². The van der Waals surface area contributed by atoms with Gasteiger partial charge in [-0.05, 0) is 18.4 Å². The van der Waals surface area contributed by atoms with E-state index in [1.54, 1.807) is 31.3 Å². The fourth-order valence-electron chi connectivity index (χ4n) is 1.51. The van der Waals surface area contributed by atoms with E-state index >= 15 is 0 Å². The molecule has 1 N–H and O–H groups in total. The summed E-state index contributed by atoms with van der Waals surface area (Å²) in [5, 5.41) is 3.32. The quantitative estimate of drug-likeness (QED) is 0.894. The largest absolute Gasteiger partial charge is 0.372 e. The first-order valence-corrected chi connectivity index (χ1v) is 6.42. The number of hydrogen-bond donors (Lipinski definition) is 1. The number of carbonyl (C=O) groups is 1. The summed E-state index contributed by atoms with van der Waals surface area (Å²) in [6.45, 7) is 5.01. The number of amides is 1. The average Bonchev–Trinajstić information content (AvgIpc) is 2.34. The summed E-state index contributed by atoms with van der Waals surface area (Å²) in [6.07, 6.45) is 2.53.